The van der Waals surface area contributed by atoms with Crippen LogP contribution in [0, 0.1) is 13.8 Å². The van der Waals surface area contributed by atoms with Gasteiger partial charge in [0.2, 0.25) is 0 Å². The van der Waals surface area contributed by atoms with Gasteiger partial charge in [0.15, 0.2) is 5.13 Å². The predicted octanol–water partition coefficient (Wildman–Crippen LogP) is 6.32. The molecule has 0 atom stereocenters. The molecule has 0 aliphatic rings. The van der Waals surface area contributed by atoms with Crippen LogP contribution >= 0.6 is 34.5 Å². The molecule has 0 unspecified atom stereocenters. The topological polar surface area (TPSA) is 81.2 Å². The Balaban J connectivity index is 1.84. The zero-order valence-electron chi connectivity index (χ0n) is 17.3. The van der Waals surface area contributed by atoms with Gasteiger partial charge in [0.1, 0.15) is 4.88 Å². The Hall–Kier alpha value is -3.00. The molecule has 2 aromatic heterocycles. The third-order valence-electron chi connectivity index (χ3n) is 4.94. The van der Waals surface area contributed by atoms with E-state index in [1.807, 2.05) is 31.2 Å². The first-order chi connectivity index (χ1) is 15.3. The number of nitrogens with one attached hydrogen (secondary N) is 1. The van der Waals surface area contributed by atoms with Crippen molar-refractivity contribution in [2.24, 2.45) is 0 Å². The van der Waals surface area contributed by atoms with E-state index < -0.39 is 5.97 Å². The highest BCUT2D eigenvalue weighted by atomic mass is 35.5. The minimum atomic E-state index is -0.495. The molecular weight excluding hydrogens is 469 g/mol. The van der Waals surface area contributed by atoms with E-state index >= 15 is 0 Å². The smallest absolute Gasteiger partial charge is 0.350 e. The van der Waals surface area contributed by atoms with Gasteiger partial charge in [-0.05, 0) is 43.7 Å². The monoisotopic (exact) mass is 485 g/mol. The van der Waals surface area contributed by atoms with Crippen molar-refractivity contribution in [3.8, 4) is 11.3 Å². The summed E-state index contributed by atoms with van der Waals surface area (Å²) in [5.41, 5.74) is 3.50. The van der Waals surface area contributed by atoms with Crippen LogP contribution in [0.15, 0.2) is 42.5 Å². The normalized spacial score (nSPS) is 10.9. The number of methoxy groups -OCH3 is 1. The van der Waals surface area contributed by atoms with E-state index in [4.69, 9.17) is 32.9 Å². The second kappa shape index (κ2) is 8.86. The first-order valence-electron chi connectivity index (χ1n) is 9.52. The maximum Gasteiger partial charge on any atom is 0.350 e. The van der Waals surface area contributed by atoms with Crippen LogP contribution in [0.4, 0.5) is 5.13 Å². The van der Waals surface area contributed by atoms with Gasteiger partial charge in [0.25, 0.3) is 5.91 Å². The number of anilines is 1. The Bertz CT molecular complexity index is 1380. The van der Waals surface area contributed by atoms with Crippen LogP contribution in [-0.2, 0) is 4.74 Å². The number of para-hydroxylation sites is 1. The lowest BCUT2D eigenvalue weighted by Crippen LogP contribution is -2.15. The summed E-state index contributed by atoms with van der Waals surface area (Å²) in [6.45, 7) is 3.51. The van der Waals surface area contributed by atoms with Crippen LogP contribution in [0.25, 0.3) is 22.2 Å². The lowest BCUT2D eigenvalue weighted by Gasteiger charge is -2.15. The van der Waals surface area contributed by atoms with Crippen LogP contribution in [0.1, 0.15) is 31.3 Å². The Morgan fingerprint density at radius 3 is 2.53 bits per heavy atom. The van der Waals surface area contributed by atoms with Crippen LogP contribution in [0.2, 0.25) is 10.0 Å². The molecule has 1 amide bonds. The molecule has 9 heteroatoms. The van der Waals surface area contributed by atoms with E-state index in [-0.39, 0.29) is 5.91 Å². The SMILES string of the molecule is COC(=O)c1sc(NC(=O)c2c(C)c(-c3ccc(Cl)cc3Cl)nc3ccccc23)nc1C. The molecule has 0 aliphatic carbocycles. The highest BCUT2D eigenvalue weighted by molar-refractivity contribution is 7.17. The van der Waals surface area contributed by atoms with Crippen LogP contribution in [0.5, 0.6) is 0 Å². The van der Waals surface area contributed by atoms with Gasteiger partial charge >= 0.3 is 5.97 Å². The molecule has 2 heterocycles. The Morgan fingerprint density at radius 1 is 1.06 bits per heavy atom. The van der Waals surface area contributed by atoms with Crippen LogP contribution in [0.3, 0.4) is 0 Å². The number of aryl methyl sites for hydroxylation is 1. The first kappa shape index (κ1) is 22.2. The lowest BCUT2D eigenvalue weighted by atomic mass is 9.97. The van der Waals surface area contributed by atoms with Crippen molar-refractivity contribution in [3.63, 3.8) is 0 Å². The second-order valence-electron chi connectivity index (χ2n) is 6.98. The summed E-state index contributed by atoms with van der Waals surface area (Å²) < 4.78 is 4.77. The number of pyridine rings is 1. The van der Waals surface area contributed by atoms with Gasteiger partial charge in [-0.15, -0.1) is 0 Å². The number of ether oxygens (including phenoxy) is 1. The molecular formula is C23H17Cl2N3O3S. The maximum absolute atomic E-state index is 13.4. The molecule has 4 aromatic rings. The summed E-state index contributed by atoms with van der Waals surface area (Å²) in [5.74, 6) is -0.858. The van der Waals surface area contributed by atoms with Gasteiger partial charge in [0.05, 0.1) is 34.6 Å². The van der Waals surface area contributed by atoms with E-state index in [0.29, 0.717) is 59.0 Å². The molecule has 32 heavy (non-hydrogen) atoms. The third kappa shape index (κ3) is 4.07. The maximum atomic E-state index is 13.4. The van der Waals surface area contributed by atoms with Crippen molar-refractivity contribution < 1.29 is 14.3 Å². The van der Waals surface area contributed by atoms with Gasteiger partial charge in [-0.25, -0.2) is 14.8 Å². The number of nitrogens with zero attached hydrogens (tertiary/aromatic N) is 2. The van der Waals surface area contributed by atoms with Gasteiger partial charge in [-0.2, -0.15) is 0 Å². The van der Waals surface area contributed by atoms with Crippen LogP contribution in [-0.4, -0.2) is 29.0 Å². The number of benzene rings is 2. The number of amides is 1. The minimum absolute atomic E-state index is 0.305. The number of halogens is 2. The fourth-order valence-electron chi connectivity index (χ4n) is 3.44. The molecule has 0 saturated heterocycles. The molecule has 0 aliphatic heterocycles. The van der Waals surface area contributed by atoms with Gasteiger partial charge < -0.3 is 4.74 Å². The highest BCUT2D eigenvalue weighted by Crippen LogP contribution is 2.35. The Morgan fingerprint density at radius 2 is 1.81 bits per heavy atom. The van der Waals surface area contributed by atoms with Crippen molar-refractivity contribution in [2.75, 3.05) is 12.4 Å². The lowest BCUT2D eigenvalue weighted by molar-refractivity contribution is 0.0605. The summed E-state index contributed by atoms with van der Waals surface area (Å²) in [6, 6.07) is 12.5. The van der Waals surface area contributed by atoms with Crippen molar-refractivity contribution in [1.29, 1.82) is 0 Å². The zero-order chi connectivity index (χ0) is 23.0. The number of thiazole rings is 1. The molecule has 0 fully saturated rings. The fourth-order valence-corrected chi connectivity index (χ4v) is 4.81. The molecule has 0 bridgehead atoms. The van der Waals surface area contributed by atoms with Crippen molar-refractivity contribution >= 4 is 62.4 Å². The summed E-state index contributed by atoms with van der Waals surface area (Å²) in [6.07, 6.45) is 0. The van der Waals surface area contributed by atoms with E-state index in [1.54, 1.807) is 25.1 Å². The fraction of sp³-hybridized carbons (Fsp3) is 0.130. The number of carbonyl (C=O) groups is 2. The quantitative estimate of drug-likeness (QED) is 0.342. The number of fused-ring (bicyclic) bond motifs is 1. The largest absolute Gasteiger partial charge is 0.465 e. The van der Waals surface area contributed by atoms with E-state index in [0.717, 1.165) is 11.3 Å². The molecule has 6 nitrogen and oxygen atoms in total. The molecule has 4 rings (SSSR count). The van der Waals surface area contributed by atoms with Crippen LogP contribution < -0.4 is 5.32 Å². The minimum Gasteiger partial charge on any atom is -0.465 e. The first-order valence-corrected chi connectivity index (χ1v) is 11.1. The van der Waals surface area contributed by atoms with Gasteiger partial charge in [-0.1, -0.05) is 52.7 Å². The number of hydrogen-bond acceptors (Lipinski definition) is 6. The average Bonchev–Trinajstić information content (AvgIpc) is 3.12. The van der Waals surface area contributed by atoms with Gasteiger partial charge in [-0.3, -0.25) is 10.1 Å². The summed E-state index contributed by atoms with van der Waals surface area (Å²) in [5, 5.41) is 4.76. The highest BCUT2D eigenvalue weighted by Gasteiger charge is 2.22. The molecule has 162 valence electrons. The van der Waals surface area contributed by atoms with Crippen molar-refractivity contribution in [1.82, 2.24) is 9.97 Å². The second-order valence-corrected chi connectivity index (χ2v) is 8.82. The molecule has 0 spiro atoms. The third-order valence-corrected chi connectivity index (χ3v) is 6.54. The zero-order valence-corrected chi connectivity index (χ0v) is 19.7. The summed E-state index contributed by atoms with van der Waals surface area (Å²) >= 11 is 13.5. The number of hydrogen-bond donors (Lipinski definition) is 1. The standard InChI is InChI=1S/C23H17Cl2N3O3S/c1-11-18(21(29)28-23-26-12(2)20(32-23)22(30)31-3)15-6-4-5-7-17(15)27-19(11)14-9-8-13(24)10-16(14)25/h4-10H,1-3H3,(H,26,28,29). The summed E-state index contributed by atoms with van der Waals surface area (Å²) in [4.78, 5) is 34.7. The number of esters is 1. The Kier molecular flexibility index (Phi) is 6.15. The molecule has 0 saturated carbocycles. The van der Waals surface area contributed by atoms with Gasteiger partial charge in [0, 0.05) is 16.0 Å². The summed E-state index contributed by atoms with van der Waals surface area (Å²) in [7, 11) is 1.30. The van der Waals surface area contributed by atoms with Crippen molar-refractivity contribution in [3.05, 3.63) is 74.2 Å². The number of carbonyl (C=O) groups excluding carboxylic acids is 2. The molecule has 1 N–H and O–H groups in total. The molecule has 2 aromatic carbocycles. The Labute approximate surface area is 198 Å². The molecule has 0 radical (unpaired) electrons. The number of aromatic nitrogens is 2. The van der Waals surface area contributed by atoms with E-state index in [1.165, 1.54) is 7.11 Å². The van der Waals surface area contributed by atoms with E-state index in [9.17, 15) is 9.59 Å². The number of rotatable bonds is 4. The van der Waals surface area contributed by atoms with Crippen molar-refractivity contribution in [2.45, 2.75) is 13.8 Å². The predicted molar refractivity (Wildman–Crippen MR) is 128 cm³/mol. The van der Waals surface area contributed by atoms with E-state index in [2.05, 4.69) is 10.3 Å². The average molecular weight is 486 g/mol.